The van der Waals surface area contributed by atoms with Gasteiger partial charge in [-0.3, -0.25) is 14.8 Å². The summed E-state index contributed by atoms with van der Waals surface area (Å²) in [6.45, 7) is 2.65. The molecule has 1 N–H and O–H groups in total. The zero-order chi connectivity index (χ0) is 16.7. The molecule has 1 atom stereocenters. The summed E-state index contributed by atoms with van der Waals surface area (Å²) in [5.74, 6) is 0.902. The largest absolute Gasteiger partial charge is 0.468 e. The second kappa shape index (κ2) is 5.65. The van der Waals surface area contributed by atoms with Crippen LogP contribution in [0.3, 0.4) is 0 Å². The van der Waals surface area contributed by atoms with E-state index in [1.807, 2.05) is 12.1 Å². The lowest BCUT2D eigenvalue weighted by molar-refractivity contribution is 0.167. The van der Waals surface area contributed by atoms with Gasteiger partial charge in [0.2, 0.25) is 0 Å². The molecule has 3 aromatic heterocycles. The van der Waals surface area contributed by atoms with E-state index in [1.165, 1.54) is 16.8 Å². The lowest BCUT2D eigenvalue weighted by Gasteiger charge is -2.27. The first-order valence-electron chi connectivity index (χ1n) is 7.96. The van der Waals surface area contributed by atoms with Crippen molar-refractivity contribution in [2.45, 2.75) is 38.4 Å². The van der Waals surface area contributed by atoms with Crippen LogP contribution in [0.5, 0.6) is 0 Å². The Balaban J connectivity index is 1.69. The van der Waals surface area contributed by atoms with E-state index in [1.54, 1.807) is 6.26 Å². The van der Waals surface area contributed by atoms with Crippen LogP contribution in [-0.4, -0.2) is 25.5 Å². The lowest BCUT2D eigenvalue weighted by Crippen LogP contribution is -2.30. The van der Waals surface area contributed by atoms with Crippen LogP contribution in [0.25, 0.3) is 5.65 Å². The number of hydrogen-bond acceptors (Lipinski definition) is 5. The third kappa shape index (κ3) is 2.51. The summed E-state index contributed by atoms with van der Waals surface area (Å²) in [5.41, 5.74) is 1.20. The zero-order valence-corrected chi connectivity index (χ0v) is 13.3. The van der Waals surface area contributed by atoms with Crippen molar-refractivity contribution in [1.29, 1.82) is 5.26 Å². The number of fused-ring (bicyclic) bond motifs is 1. The smallest absolute Gasteiger partial charge is 0.272 e. The van der Waals surface area contributed by atoms with Crippen LogP contribution in [0, 0.1) is 11.3 Å². The lowest BCUT2D eigenvalue weighted by atomic mass is 10.2. The Bertz CT molecular complexity index is 959. The molecule has 0 aromatic carbocycles. The molecule has 4 rings (SSSR count). The Hall–Kier alpha value is -2.85. The van der Waals surface area contributed by atoms with E-state index in [0.29, 0.717) is 29.5 Å². The number of rotatable bonds is 5. The molecule has 1 unspecified atom stereocenters. The SMILES string of the molecule is CC(c1ccco1)N(Cc1cc(=O)n2[nH]cc(C#N)c2n1)C1CC1. The molecule has 7 heteroatoms. The minimum absolute atomic E-state index is 0.106. The molecule has 1 saturated carbocycles. The molecule has 7 nitrogen and oxygen atoms in total. The number of aromatic nitrogens is 3. The number of nitrogens with zero attached hydrogens (tertiary/aromatic N) is 4. The van der Waals surface area contributed by atoms with Gasteiger partial charge in [-0.05, 0) is 31.9 Å². The molecule has 1 aliphatic rings. The molecule has 0 spiro atoms. The highest BCUT2D eigenvalue weighted by atomic mass is 16.3. The maximum absolute atomic E-state index is 12.2. The molecule has 3 heterocycles. The van der Waals surface area contributed by atoms with E-state index in [-0.39, 0.29) is 11.6 Å². The van der Waals surface area contributed by atoms with Crippen LogP contribution in [-0.2, 0) is 6.54 Å². The summed E-state index contributed by atoms with van der Waals surface area (Å²) in [4.78, 5) is 19.1. The highest BCUT2D eigenvalue weighted by Crippen LogP contribution is 2.35. The summed E-state index contributed by atoms with van der Waals surface area (Å²) in [6.07, 6.45) is 5.45. The summed E-state index contributed by atoms with van der Waals surface area (Å²) >= 11 is 0. The summed E-state index contributed by atoms with van der Waals surface area (Å²) in [7, 11) is 0. The fourth-order valence-corrected chi connectivity index (χ4v) is 3.06. The Morgan fingerprint density at radius 1 is 1.58 bits per heavy atom. The van der Waals surface area contributed by atoms with Crippen LogP contribution in [0.1, 0.15) is 42.8 Å². The van der Waals surface area contributed by atoms with Crippen LogP contribution in [0.15, 0.2) is 39.9 Å². The summed E-state index contributed by atoms with van der Waals surface area (Å²) in [5, 5.41) is 11.9. The van der Waals surface area contributed by atoms with E-state index < -0.39 is 0 Å². The number of nitrogens with one attached hydrogen (secondary N) is 1. The third-order valence-electron chi connectivity index (χ3n) is 4.48. The first-order valence-corrected chi connectivity index (χ1v) is 7.96. The maximum atomic E-state index is 12.2. The molecule has 1 aliphatic carbocycles. The Labute approximate surface area is 138 Å². The van der Waals surface area contributed by atoms with Crippen molar-refractivity contribution >= 4 is 5.65 Å². The molecule has 3 aromatic rings. The molecular formula is C17H17N5O2. The van der Waals surface area contributed by atoms with Crippen LogP contribution >= 0.6 is 0 Å². The minimum atomic E-state index is -0.210. The van der Waals surface area contributed by atoms with Gasteiger partial charge in [0.15, 0.2) is 5.65 Å². The third-order valence-corrected chi connectivity index (χ3v) is 4.48. The van der Waals surface area contributed by atoms with Crippen molar-refractivity contribution in [2.75, 3.05) is 0 Å². The number of nitriles is 1. The van der Waals surface area contributed by atoms with Gasteiger partial charge >= 0.3 is 0 Å². The Morgan fingerprint density at radius 2 is 2.42 bits per heavy atom. The molecule has 0 saturated heterocycles. The number of furan rings is 1. The Kier molecular flexibility index (Phi) is 3.47. The van der Waals surface area contributed by atoms with Gasteiger partial charge in [-0.15, -0.1) is 0 Å². The fourth-order valence-electron chi connectivity index (χ4n) is 3.06. The van der Waals surface area contributed by atoms with E-state index in [0.717, 1.165) is 18.6 Å². The molecule has 0 amide bonds. The Morgan fingerprint density at radius 3 is 3.08 bits per heavy atom. The van der Waals surface area contributed by atoms with Gasteiger partial charge in [0.25, 0.3) is 5.56 Å². The molecule has 0 radical (unpaired) electrons. The second-order valence-corrected chi connectivity index (χ2v) is 6.14. The van der Waals surface area contributed by atoms with Gasteiger partial charge < -0.3 is 4.42 Å². The van der Waals surface area contributed by atoms with Gasteiger partial charge in [0, 0.05) is 24.8 Å². The standard InChI is InChI=1S/C17H17N5O2/c1-11(15-3-2-6-24-15)21(14-4-5-14)10-13-7-16(23)22-17(20-13)12(8-18)9-19-22/h2-3,6-7,9,11,14,19H,4-5,10H2,1H3. The van der Waals surface area contributed by atoms with Crippen LogP contribution < -0.4 is 5.56 Å². The minimum Gasteiger partial charge on any atom is -0.468 e. The predicted molar refractivity (Wildman–Crippen MR) is 86.2 cm³/mol. The number of aromatic amines is 1. The summed E-state index contributed by atoms with van der Waals surface area (Å²) in [6, 6.07) is 8.01. The average molecular weight is 323 g/mol. The van der Waals surface area contributed by atoms with Gasteiger partial charge in [-0.1, -0.05) is 0 Å². The zero-order valence-electron chi connectivity index (χ0n) is 13.3. The van der Waals surface area contributed by atoms with Crippen molar-refractivity contribution in [1.82, 2.24) is 19.5 Å². The first-order chi connectivity index (χ1) is 11.7. The van der Waals surface area contributed by atoms with Gasteiger partial charge in [0.05, 0.1) is 18.0 Å². The van der Waals surface area contributed by atoms with Crippen molar-refractivity contribution in [3.05, 3.63) is 58.0 Å². The highest BCUT2D eigenvalue weighted by molar-refractivity contribution is 5.53. The number of H-pyrrole nitrogens is 1. The topological polar surface area (TPSA) is 90.3 Å². The van der Waals surface area contributed by atoms with Gasteiger partial charge in [0.1, 0.15) is 17.4 Å². The molecule has 1 fully saturated rings. The average Bonchev–Trinajstić information content (AvgIpc) is 3.11. The second-order valence-electron chi connectivity index (χ2n) is 6.14. The van der Waals surface area contributed by atoms with Crippen LogP contribution in [0.2, 0.25) is 0 Å². The maximum Gasteiger partial charge on any atom is 0.272 e. The van der Waals surface area contributed by atoms with E-state index in [4.69, 9.17) is 9.68 Å². The molecular weight excluding hydrogens is 306 g/mol. The quantitative estimate of drug-likeness (QED) is 0.777. The molecule has 24 heavy (non-hydrogen) atoms. The highest BCUT2D eigenvalue weighted by Gasteiger charge is 2.34. The van der Waals surface area contributed by atoms with Gasteiger partial charge in [-0.2, -0.15) is 5.26 Å². The van der Waals surface area contributed by atoms with E-state index in [9.17, 15) is 4.79 Å². The molecule has 0 aliphatic heterocycles. The monoisotopic (exact) mass is 323 g/mol. The first kappa shape index (κ1) is 14.7. The van der Waals surface area contributed by atoms with E-state index >= 15 is 0 Å². The van der Waals surface area contributed by atoms with Crippen molar-refractivity contribution in [3.8, 4) is 6.07 Å². The molecule has 122 valence electrons. The summed E-state index contributed by atoms with van der Waals surface area (Å²) < 4.78 is 6.83. The van der Waals surface area contributed by atoms with Crippen molar-refractivity contribution in [2.24, 2.45) is 0 Å². The van der Waals surface area contributed by atoms with Crippen LogP contribution in [0.4, 0.5) is 0 Å². The van der Waals surface area contributed by atoms with Crippen molar-refractivity contribution in [3.63, 3.8) is 0 Å². The molecule has 0 bridgehead atoms. The number of hydrogen-bond donors (Lipinski definition) is 1. The normalized spacial score (nSPS) is 15.7. The predicted octanol–water partition coefficient (Wildman–Crippen LogP) is 2.21. The van der Waals surface area contributed by atoms with E-state index in [2.05, 4.69) is 28.0 Å². The fraction of sp³-hybridized carbons (Fsp3) is 0.353. The van der Waals surface area contributed by atoms with Crippen molar-refractivity contribution < 1.29 is 4.42 Å². The van der Waals surface area contributed by atoms with Gasteiger partial charge in [-0.25, -0.2) is 9.50 Å².